The first-order valence-electron chi connectivity index (χ1n) is 8.19. The number of halogens is 1. The van der Waals surface area contributed by atoms with Crippen molar-refractivity contribution in [3.05, 3.63) is 72.5 Å². The number of hydrogen-bond donors (Lipinski definition) is 1. The smallest absolute Gasteiger partial charge is 0.234 e. The summed E-state index contributed by atoms with van der Waals surface area (Å²) in [6, 6.07) is 20.3. The maximum absolute atomic E-state index is 13.6. The van der Waals surface area contributed by atoms with Gasteiger partial charge in [0.2, 0.25) is 5.91 Å². The number of carbonyl (C=O) groups is 1. The van der Waals surface area contributed by atoms with Gasteiger partial charge in [-0.25, -0.2) is 4.39 Å². The topological polar surface area (TPSA) is 54.9 Å². The highest BCUT2D eigenvalue weighted by Gasteiger charge is 2.14. The summed E-state index contributed by atoms with van der Waals surface area (Å²) in [7, 11) is 0. The summed E-state index contributed by atoms with van der Waals surface area (Å²) in [4.78, 5) is 12.1. The molecule has 1 N–H and O–H groups in total. The van der Waals surface area contributed by atoms with E-state index in [4.69, 9.17) is 0 Å². The number of hydrogen-bond acceptors (Lipinski definition) is 5. The normalized spacial score (nSPS) is 10.9. The summed E-state index contributed by atoms with van der Waals surface area (Å²) in [6.07, 6.45) is 0. The third-order valence-corrected chi connectivity index (χ3v) is 5.92. The lowest BCUT2D eigenvalue weighted by Gasteiger charge is -2.06. The van der Waals surface area contributed by atoms with Crippen molar-refractivity contribution < 1.29 is 9.18 Å². The number of amides is 1. The zero-order chi connectivity index (χ0) is 18.6. The maximum Gasteiger partial charge on any atom is 0.234 e. The van der Waals surface area contributed by atoms with Crippen LogP contribution in [0.4, 0.5) is 10.1 Å². The Morgan fingerprint density at radius 1 is 1.04 bits per heavy atom. The lowest BCUT2D eigenvalue weighted by atomic mass is 10.1. The predicted molar refractivity (Wildman–Crippen MR) is 109 cm³/mol. The number of fused-ring (bicyclic) bond motifs is 1. The van der Waals surface area contributed by atoms with E-state index in [0.717, 1.165) is 26.2 Å². The number of benzene rings is 3. The number of nitrogens with zero attached hydrogens (tertiary/aromatic N) is 2. The number of nitrogens with one attached hydrogen (secondary N) is 1. The lowest BCUT2D eigenvalue weighted by Crippen LogP contribution is -2.14. The quantitative estimate of drug-likeness (QED) is 0.470. The SMILES string of the molecule is O=C(CSc1snnc1-c1ccc2ccccc2c1)Nc1ccccc1F. The molecule has 134 valence electrons. The van der Waals surface area contributed by atoms with Crippen molar-refractivity contribution in [2.45, 2.75) is 4.21 Å². The molecular formula is C20H14FN3OS2. The van der Waals surface area contributed by atoms with Crippen molar-refractivity contribution in [1.82, 2.24) is 9.59 Å². The second-order valence-electron chi connectivity index (χ2n) is 5.79. The number of para-hydroxylation sites is 1. The monoisotopic (exact) mass is 395 g/mol. The van der Waals surface area contributed by atoms with Gasteiger partial charge in [-0.3, -0.25) is 4.79 Å². The predicted octanol–water partition coefficient (Wildman–Crippen LogP) is 5.23. The van der Waals surface area contributed by atoms with Crippen LogP contribution in [0.15, 0.2) is 70.9 Å². The van der Waals surface area contributed by atoms with Crippen molar-refractivity contribution in [1.29, 1.82) is 0 Å². The van der Waals surface area contributed by atoms with Gasteiger partial charge in [0.25, 0.3) is 0 Å². The Kier molecular flexibility index (Phi) is 5.13. The van der Waals surface area contributed by atoms with Gasteiger partial charge >= 0.3 is 0 Å². The fourth-order valence-corrected chi connectivity index (χ4v) is 4.23. The van der Waals surface area contributed by atoms with Crippen LogP contribution in [-0.4, -0.2) is 21.2 Å². The summed E-state index contributed by atoms with van der Waals surface area (Å²) in [6.45, 7) is 0. The van der Waals surface area contributed by atoms with Crippen LogP contribution in [-0.2, 0) is 4.79 Å². The summed E-state index contributed by atoms with van der Waals surface area (Å²) >= 11 is 2.60. The van der Waals surface area contributed by atoms with Crippen molar-refractivity contribution in [3.63, 3.8) is 0 Å². The largest absolute Gasteiger partial charge is 0.323 e. The van der Waals surface area contributed by atoms with Crippen LogP contribution in [0.25, 0.3) is 22.0 Å². The number of aromatic nitrogens is 2. The van der Waals surface area contributed by atoms with E-state index in [9.17, 15) is 9.18 Å². The first-order valence-corrected chi connectivity index (χ1v) is 9.95. The fraction of sp³-hybridized carbons (Fsp3) is 0.0500. The standard InChI is InChI=1S/C20H14FN3OS2/c21-16-7-3-4-8-17(16)22-18(25)12-26-20-19(23-24-27-20)15-10-9-13-5-1-2-6-14(13)11-15/h1-11H,12H2,(H,22,25). The molecule has 4 nitrogen and oxygen atoms in total. The molecule has 0 spiro atoms. The van der Waals surface area contributed by atoms with E-state index in [0.29, 0.717) is 0 Å². The molecule has 0 unspecified atom stereocenters. The first kappa shape index (κ1) is 17.6. The Morgan fingerprint density at radius 3 is 2.67 bits per heavy atom. The minimum Gasteiger partial charge on any atom is -0.323 e. The minimum atomic E-state index is -0.452. The number of rotatable bonds is 5. The van der Waals surface area contributed by atoms with E-state index in [2.05, 4.69) is 27.0 Å². The van der Waals surface area contributed by atoms with E-state index in [1.807, 2.05) is 30.3 Å². The van der Waals surface area contributed by atoms with Gasteiger partial charge in [-0.15, -0.1) is 16.9 Å². The molecule has 0 radical (unpaired) electrons. The van der Waals surface area contributed by atoms with Gasteiger partial charge in [-0.1, -0.05) is 53.0 Å². The molecule has 0 saturated carbocycles. The van der Waals surface area contributed by atoms with Gasteiger partial charge in [-0.2, -0.15) is 0 Å². The minimum absolute atomic E-state index is 0.152. The molecular weight excluding hydrogens is 381 g/mol. The lowest BCUT2D eigenvalue weighted by molar-refractivity contribution is -0.113. The summed E-state index contributed by atoms with van der Waals surface area (Å²) in [5.41, 5.74) is 1.90. The van der Waals surface area contributed by atoms with Crippen LogP contribution in [0.1, 0.15) is 0 Å². The molecule has 7 heteroatoms. The molecule has 27 heavy (non-hydrogen) atoms. The Balaban J connectivity index is 1.48. The molecule has 3 aromatic carbocycles. The fourth-order valence-electron chi connectivity index (χ4n) is 2.67. The van der Waals surface area contributed by atoms with Gasteiger partial charge in [0.15, 0.2) is 0 Å². The van der Waals surface area contributed by atoms with E-state index in [1.165, 1.54) is 35.4 Å². The molecule has 0 aliphatic heterocycles. The van der Waals surface area contributed by atoms with E-state index >= 15 is 0 Å². The molecule has 0 bridgehead atoms. The molecule has 1 amide bonds. The Labute approximate surface area is 163 Å². The van der Waals surface area contributed by atoms with Crippen molar-refractivity contribution in [3.8, 4) is 11.3 Å². The molecule has 0 aliphatic rings. The highest BCUT2D eigenvalue weighted by atomic mass is 32.2. The van der Waals surface area contributed by atoms with Crippen LogP contribution in [0, 0.1) is 5.82 Å². The second kappa shape index (κ2) is 7.85. The van der Waals surface area contributed by atoms with Crippen LogP contribution in [0.5, 0.6) is 0 Å². The third-order valence-electron chi connectivity index (χ3n) is 3.96. The maximum atomic E-state index is 13.6. The van der Waals surface area contributed by atoms with E-state index < -0.39 is 5.82 Å². The molecule has 1 heterocycles. The van der Waals surface area contributed by atoms with Crippen LogP contribution < -0.4 is 5.32 Å². The van der Waals surface area contributed by atoms with E-state index in [1.54, 1.807) is 12.1 Å². The molecule has 1 aromatic heterocycles. The van der Waals surface area contributed by atoms with Gasteiger partial charge < -0.3 is 5.32 Å². The van der Waals surface area contributed by atoms with Crippen LogP contribution >= 0.6 is 23.3 Å². The zero-order valence-corrected chi connectivity index (χ0v) is 15.7. The van der Waals surface area contributed by atoms with Crippen molar-refractivity contribution >= 4 is 45.7 Å². The van der Waals surface area contributed by atoms with Gasteiger partial charge in [0, 0.05) is 5.56 Å². The molecule has 0 saturated heterocycles. The molecule has 0 atom stereocenters. The Bertz CT molecular complexity index is 1110. The number of thioether (sulfide) groups is 1. The molecule has 0 aliphatic carbocycles. The zero-order valence-electron chi connectivity index (χ0n) is 14.1. The van der Waals surface area contributed by atoms with Crippen LogP contribution in [0.3, 0.4) is 0 Å². The van der Waals surface area contributed by atoms with Gasteiger partial charge in [-0.05, 0) is 40.5 Å². The highest BCUT2D eigenvalue weighted by Crippen LogP contribution is 2.34. The van der Waals surface area contributed by atoms with Crippen LogP contribution in [0.2, 0.25) is 0 Å². The first-order chi connectivity index (χ1) is 13.2. The van der Waals surface area contributed by atoms with Gasteiger partial charge in [0.05, 0.1) is 11.4 Å². The molecule has 4 aromatic rings. The average molecular weight is 395 g/mol. The summed E-state index contributed by atoms with van der Waals surface area (Å²) < 4.78 is 18.5. The number of anilines is 1. The van der Waals surface area contributed by atoms with Crippen molar-refractivity contribution in [2.24, 2.45) is 0 Å². The summed E-state index contributed by atoms with van der Waals surface area (Å²) in [5, 5.41) is 9.09. The summed E-state index contributed by atoms with van der Waals surface area (Å²) in [5.74, 6) is -0.575. The van der Waals surface area contributed by atoms with Crippen molar-refractivity contribution in [2.75, 3.05) is 11.1 Å². The number of carbonyl (C=O) groups excluding carboxylic acids is 1. The average Bonchev–Trinajstić information content (AvgIpc) is 3.16. The second-order valence-corrected chi connectivity index (χ2v) is 7.79. The third kappa shape index (κ3) is 3.99. The Hall–Kier alpha value is -2.77. The Morgan fingerprint density at radius 2 is 1.81 bits per heavy atom. The highest BCUT2D eigenvalue weighted by molar-refractivity contribution is 8.01. The van der Waals surface area contributed by atoms with E-state index in [-0.39, 0.29) is 17.3 Å². The van der Waals surface area contributed by atoms with Gasteiger partial charge in [0.1, 0.15) is 15.7 Å². The molecule has 4 rings (SSSR count). The molecule has 0 fully saturated rings.